The Hall–Kier alpha value is -1.18. The molecule has 0 atom stereocenters. The molecule has 4 nitrogen and oxygen atoms in total. The van der Waals surface area contributed by atoms with Crippen molar-refractivity contribution in [1.82, 2.24) is 0 Å². The van der Waals surface area contributed by atoms with Gasteiger partial charge in [-0.1, -0.05) is 15.9 Å². The number of carbonyl (C=O) groups excluding carboxylic acids is 1. The van der Waals surface area contributed by atoms with Gasteiger partial charge in [0, 0.05) is 8.95 Å². The number of anilines is 1. The highest BCUT2D eigenvalue weighted by Gasteiger charge is 2.19. The molecule has 2 rings (SSSR count). The number of aromatic carboxylic acids is 1. The minimum absolute atomic E-state index is 0.129. The molecule has 0 saturated heterocycles. The van der Waals surface area contributed by atoms with Gasteiger partial charge >= 0.3 is 5.97 Å². The van der Waals surface area contributed by atoms with Crippen molar-refractivity contribution in [2.75, 3.05) is 5.32 Å². The first-order valence-electron chi connectivity index (χ1n) is 5.48. The van der Waals surface area contributed by atoms with Crippen molar-refractivity contribution in [2.24, 2.45) is 0 Å². The van der Waals surface area contributed by atoms with E-state index in [1.54, 1.807) is 30.5 Å². The van der Waals surface area contributed by atoms with Gasteiger partial charge in [-0.25, -0.2) is 4.79 Å². The zero-order chi connectivity index (χ0) is 14.9. The maximum absolute atomic E-state index is 12.2. The van der Waals surface area contributed by atoms with Crippen molar-refractivity contribution < 1.29 is 14.7 Å². The summed E-state index contributed by atoms with van der Waals surface area (Å²) in [5.41, 5.74) is 1.52. The monoisotopic (exact) mass is 417 g/mol. The second-order valence-electron chi connectivity index (χ2n) is 4.01. The summed E-state index contributed by atoms with van der Waals surface area (Å²) in [5.74, 6) is -1.40. The van der Waals surface area contributed by atoms with Crippen LogP contribution in [0.2, 0.25) is 0 Å². The maximum atomic E-state index is 12.2. The van der Waals surface area contributed by atoms with Crippen LogP contribution in [-0.4, -0.2) is 17.0 Å². The molecule has 1 amide bonds. The van der Waals surface area contributed by atoms with Gasteiger partial charge in [0.25, 0.3) is 5.91 Å². The van der Waals surface area contributed by atoms with Crippen molar-refractivity contribution >= 4 is 60.8 Å². The topological polar surface area (TPSA) is 66.4 Å². The summed E-state index contributed by atoms with van der Waals surface area (Å²) in [6.07, 6.45) is 0. The highest BCUT2D eigenvalue weighted by molar-refractivity contribution is 9.11. The van der Waals surface area contributed by atoms with Crippen molar-refractivity contribution in [3.8, 4) is 0 Å². The molecule has 7 heteroatoms. The molecule has 0 aliphatic heterocycles. The fourth-order valence-corrected chi connectivity index (χ4v) is 3.68. The molecule has 1 heterocycles. The third-order valence-electron chi connectivity index (χ3n) is 2.58. The highest BCUT2D eigenvalue weighted by Crippen LogP contribution is 2.29. The Balaban J connectivity index is 2.33. The summed E-state index contributed by atoms with van der Waals surface area (Å²) in [6.45, 7) is 1.76. The van der Waals surface area contributed by atoms with E-state index in [1.807, 2.05) is 0 Å². The summed E-state index contributed by atoms with van der Waals surface area (Å²) in [7, 11) is 0. The zero-order valence-corrected chi connectivity index (χ0v) is 14.2. The van der Waals surface area contributed by atoms with Crippen LogP contribution in [0.4, 0.5) is 5.69 Å². The van der Waals surface area contributed by atoms with Gasteiger partial charge in [-0.15, -0.1) is 11.3 Å². The van der Waals surface area contributed by atoms with Gasteiger partial charge in [0.15, 0.2) is 0 Å². The van der Waals surface area contributed by atoms with Crippen molar-refractivity contribution in [1.29, 1.82) is 0 Å². The second-order valence-corrected chi connectivity index (χ2v) is 6.66. The molecule has 2 aromatic rings. The molecule has 0 spiro atoms. The molecule has 0 fully saturated rings. The fourth-order valence-electron chi connectivity index (χ4n) is 1.61. The third kappa shape index (κ3) is 3.11. The van der Waals surface area contributed by atoms with Crippen LogP contribution in [0.1, 0.15) is 25.6 Å². The van der Waals surface area contributed by atoms with Crippen LogP contribution in [-0.2, 0) is 0 Å². The summed E-state index contributed by atoms with van der Waals surface area (Å²) in [4.78, 5) is 23.5. The molecule has 0 unspecified atom stereocenters. The Kier molecular flexibility index (Phi) is 4.62. The van der Waals surface area contributed by atoms with Gasteiger partial charge in [-0.05, 0) is 52.0 Å². The fraction of sp³-hybridized carbons (Fsp3) is 0.0769. The number of rotatable bonds is 3. The highest BCUT2D eigenvalue weighted by atomic mass is 79.9. The summed E-state index contributed by atoms with van der Waals surface area (Å²) in [6, 6.07) is 5.16. The first-order chi connectivity index (χ1) is 9.40. The number of benzene rings is 1. The number of carbonyl (C=O) groups is 2. The van der Waals surface area contributed by atoms with Crippen LogP contribution in [0, 0.1) is 6.92 Å². The van der Waals surface area contributed by atoms with Gasteiger partial charge in [0.05, 0.1) is 11.3 Å². The predicted molar refractivity (Wildman–Crippen MR) is 85.8 cm³/mol. The van der Waals surface area contributed by atoms with Gasteiger partial charge < -0.3 is 10.4 Å². The number of carboxylic acids is 1. The molecule has 1 aromatic carbocycles. The van der Waals surface area contributed by atoms with Crippen LogP contribution in [0.3, 0.4) is 0 Å². The molecular formula is C13H9Br2NO3S. The minimum Gasteiger partial charge on any atom is -0.477 e. The number of aryl methyl sites for hydroxylation is 1. The average molecular weight is 419 g/mol. The zero-order valence-electron chi connectivity index (χ0n) is 10.2. The lowest BCUT2D eigenvalue weighted by molar-refractivity contribution is 0.0703. The SMILES string of the molecule is Cc1csc(C(=O)O)c1NC(=O)c1ccc(Br)cc1Br. The number of nitrogens with one attached hydrogen (secondary N) is 1. The molecule has 20 heavy (non-hydrogen) atoms. The van der Waals surface area contributed by atoms with Gasteiger partial charge in [-0.2, -0.15) is 0 Å². The number of hydrogen-bond donors (Lipinski definition) is 2. The third-order valence-corrected chi connectivity index (χ3v) is 4.82. The maximum Gasteiger partial charge on any atom is 0.348 e. The average Bonchev–Trinajstić information content (AvgIpc) is 2.71. The molecule has 0 radical (unpaired) electrons. The summed E-state index contributed by atoms with van der Waals surface area (Å²) < 4.78 is 1.48. The van der Waals surface area contributed by atoms with Crippen LogP contribution >= 0.6 is 43.2 Å². The van der Waals surface area contributed by atoms with Crippen LogP contribution < -0.4 is 5.32 Å². The molecule has 0 aliphatic carbocycles. The normalized spacial score (nSPS) is 10.3. The van der Waals surface area contributed by atoms with E-state index in [0.717, 1.165) is 21.4 Å². The number of hydrogen-bond acceptors (Lipinski definition) is 3. The minimum atomic E-state index is -1.05. The van der Waals surface area contributed by atoms with Gasteiger partial charge in [-0.3, -0.25) is 4.79 Å². The van der Waals surface area contributed by atoms with E-state index >= 15 is 0 Å². The lowest BCUT2D eigenvalue weighted by atomic mass is 10.2. The largest absolute Gasteiger partial charge is 0.477 e. The number of halogens is 2. The standard InChI is InChI=1S/C13H9Br2NO3S/c1-6-5-20-11(13(18)19)10(6)16-12(17)8-3-2-7(14)4-9(8)15/h2-5H,1H3,(H,16,17)(H,18,19). The molecule has 0 saturated carbocycles. The van der Waals surface area contributed by atoms with E-state index in [2.05, 4.69) is 37.2 Å². The van der Waals surface area contributed by atoms with Crippen molar-refractivity contribution in [2.45, 2.75) is 6.92 Å². The predicted octanol–water partition coefficient (Wildman–Crippen LogP) is 4.53. The number of amides is 1. The molecule has 2 N–H and O–H groups in total. The molecular weight excluding hydrogens is 410 g/mol. The molecule has 0 aliphatic rings. The lowest BCUT2D eigenvalue weighted by Gasteiger charge is -2.08. The first-order valence-corrected chi connectivity index (χ1v) is 7.94. The quantitative estimate of drug-likeness (QED) is 0.769. The van der Waals surface area contributed by atoms with Crippen LogP contribution in [0.5, 0.6) is 0 Å². The second kappa shape index (κ2) is 6.07. The van der Waals surface area contributed by atoms with E-state index in [4.69, 9.17) is 5.11 Å². The van der Waals surface area contributed by atoms with Crippen LogP contribution in [0.25, 0.3) is 0 Å². The lowest BCUT2D eigenvalue weighted by Crippen LogP contribution is -2.14. The number of carboxylic acid groups (broad SMARTS) is 1. The number of thiophene rings is 1. The van der Waals surface area contributed by atoms with Gasteiger partial charge in [0.1, 0.15) is 4.88 Å². The van der Waals surface area contributed by atoms with Gasteiger partial charge in [0.2, 0.25) is 0 Å². The van der Waals surface area contributed by atoms with E-state index in [-0.39, 0.29) is 10.8 Å². The van der Waals surface area contributed by atoms with E-state index in [9.17, 15) is 9.59 Å². The Morgan fingerprint density at radius 2 is 2.00 bits per heavy atom. The van der Waals surface area contributed by atoms with E-state index < -0.39 is 5.97 Å². The first kappa shape index (κ1) is 15.2. The summed E-state index contributed by atoms with van der Waals surface area (Å²) in [5, 5.41) is 13.5. The van der Waals surface area contributed by atoms with Crippen molar-refractivity contribution in [3.63, 3.8) is 0 Å². The Labute approximate surface area is 136 Å². The Bertz CT molecular complexity index is 697. The van der Waals surface area contributed by atoms with E-state index in [1.165, 1.54) is 0 Å². The van der Waals surface area contributed by atoms with Crippen LogP contribution in [0.15, 0.2) is 32.5 Å². The Morgan fingerprint density at radius 3 is 2.60 bits per heavy atom. The molecule has 104 valence electrons. The smallest absolute Gasteiger partial charge is 0.348 e. The van der Waals surface area contributed by atoms with E-state index in [0.29, 0.717) is 15.7 Å². The molecule has 1 aromatic heterocycles. The van der Waals surface area contributed by atoms with Crippen molar-refractivity contribution in [3.05, 3.63) is 48.5 Å². The Morgan fingerprint density at radius 1 is 1.30 bits per heavy atom. The molecule has 0 bridgehead atoms. The summed E-state index contributed by atoms with van der Waals surface area (Å²) >= 11 is 7.72.